The topological polar surface area (TPSA) is 64.8 Å². The molecule has 0 bridgehead atoms. The van der Waals surface area contributed by atoms with Gasteiger partial charge in [0.15, 0.2) is 17.6 Å². The number of methoxy groups -OCH3 is 1. The van der Waals surface area contributed by atoms with Crippen molar-refractivity contribution in [2.24, 2.45) is 5.73 Å². The van der Waals surface area contributed by atoms with Crippen molar-refractivity contribution in [2.75, 3.05) is 21.2 Å². The predicted molar refractivity (Wildman–Crippen MR) is 69.7 cm³/mol. The van der Waals surface area contributed by atoms with Crippen LogP contribution in [0.4, 0.5) is 0 Å². The van der Waals surface area contributed by atoms with Crippen LogP contribution >= 0.6 is 0 Å². The highest BCUT2D eigenvalue weighted by Gasteiger charge is 2.18. The number of carbonyl (C=O) groups is 1. The summed E-state index contributed by atoms with van der Waals surface area (Å²) in [6.45, 7) is 2.14. The average molecular weight is 252 g/mol. The van der Waals surface area contributed by atoms with Crippen LogP contribution in [-0.2, 0) is 11.3 Å². The van der Waals surface area contributed by atoms with Gasteiger partial charge in [-0.25, -0.2) is 0 Å². The Kier molecular flexibility index (Phi) is 4.97. The van der Waals surface area contributed by atoms with E-state index < -0.39 is 6.10 Å². The van der Waals surface area contributed by atoms with Gasteiger partial charge in [0, 0.05) is 20.6 Å². The Morgan fingerprint density at radius 1 is 1.39 bits per heavy atom. The van der Waals surface area contributed by atoms with Crippen molar-refractivity contribution >= 4 is 5.91 Å². The Morgan fingerprint density at radius 2 is 2.06 bits per heavy atom. The van der Waals surface area contributed by atoms with E-state index in [2.05, 4.69) is 0 Å². The minimum absolute atomic E-state index is 0.0973. The molecular weight excluding hydrogens is 232 g/mol. The van der Waals surface area contributed by atoms with Crippen LogP contribution in [-0.4, -0.2) is 38.1 Å². The highest BCUT2D eigenvalue weighted by molar-refractivity contribution is 5.80. The molecule has 0 aliphatic carbocycles. The summed E-state index contributed by atoms with van der Waals surface area (Å²) >= 11 is 0. The third kappa shape index (κ3) is 3.37. The van der Waals surface area contributed by atoms with Gasteiger partial charge >= 0.3 is 0 Å². The molecule has 0 fully saturated rings. The van der Waals surface area contributed by atoms with Gasteiger partial charge in [-0.1, -0.05) is 6.07 Å². The Labute approximate surface area is 107 Å². The van der Waals surface area contributed by atoms with Gasteiger partial charge in [-0.3, -0.25) is 4.79 Å². The number of rotatable bonds is 5. The number of likely N-dealkylation sites (N-methyl/N-ethyl adjacent to an activating group) is 1. The lowest BCUT2D eigenvalue weighted by Crippen LogP contribution is -2.35. The second-order valence-corrected chi connectivity index (χ2v) is 4.18. The zero-order valence-electron chi connectivity index (χ0n) is 11.3. The van der Waals surface area contributed by atoms with Crippen LogP contribution in [0.15, 0.2) is 18.2 Å². The summed E-state index contributed by atoms with van der Waals surface area (Å²) in [6, 6.07) is 5.42. The van der Waals surface area contributed by atoms with Crippen molar-refractivity contribution in [1.29, 1.82) is 0 Å². The fourth-order valence-electron chi connectivity index (χ4n) is 1.54. The first kappa shape index (κ1) is 14.3. The smallest absolute Gasteiger partial charge is 0.262 e. The SMILES string of the molecule is COc1cc(CN)ccc1OC(C)C(=O)N(C)C. The van der Waals surface area contributed by atoms with E-state index >= 15 is 0 Å². The molecular formula is C13H20N2O3. The Bertz CT molecular complexity index is 419. The van der Waals surface area contributed by atoms with E-state index in [4.69, 9.17) is 15.2 Å². The molecule has 5 heteroatoms. The molecule has 0 aromatic heterocycles. The zero-order chi connectivity index (χ0) is 13.7. The minimum atomic E-state index is -0.558. The highest BCUT2D eigenvalue weighted by atomic mass is 16.5. The standard InChI is InChI=1S/C13H20N2O3/c1-9(13(16)15(2)3)18-11-6-5-10(8-14)7-12(11)17-4/h5-7,9H,8,14H2,1-4H3. The first-order valence-electron chi connectivity index (χ1n) is 5.74. The lowest BCUT2D eigenvalue weighted by atomic mass is 10.2. The second kappa shape index (κ2) is 6.26. The molecule has 1 amide bonds. The molecule has 1 unspecified atom stereocenters. The Hall–Kier alpha value is -1.75. The number of benzene rings is 1. The van der Waals surface area contributed by atoms with Crippen LogP contribution in [0.2, 0.25) is 0 Å². The van der Waals surface area contributed by atoms with Gasteiger partial charge < -0.3 is 20.1 Å². The molecule has 0 heterocycles. The molecule has 0 saturated carbocycles. The summed E-state index contributed by atoms with van der Waals surface area (Å²) in [4.78, 5) is 13.2. The largest absolute Gasteiger partial charge is 0.493 e. The van der Waals surface area contributed by atoms with Crippen molar-refractivity contribution in [3.8, 4) is 11.5 Å². The van der Waals surface area contributed by atoms with Crippen LogP contribution in [0.5, 0.6) is 11.5 Å². The number of ether oxygens (including phenoxy) is 2. The highest BCUT2D eigenvalue weighted by Crippen LogP contribution is 2.28. The predicted octanol–water partition coefficient (Wildman–Crippen LogP) is 1.01. The average Bonchev–Trinajstić information content (AvgIpc) is 2.37. The van der Waals surface area contributed by atoms with E-state index in [-0.39, 0.29) is 5.91 Å². The van der Waals surface area contributed by atoms with E-state index in [9.17, 15) is 4.79 Å². The molecule has 100 valence electrons. The van der Waals surface area contributed by atoms with Crippen molar-refractivity contribution in [2.45, 2.75) is 19.6 Å². The summed E-state index contributed by atoms with van der Waals surface area (Å²) < 4.78 is 10.8. The number of hydrogen-bond acceptors (Lipinski definition) is 4. The molecule has 0 aliphatic rings. The maximum absolute atomic E-state index is 11.7. The zero-order valence-corrected chi connectivity index (χ0v) is 11.3. The maximum Gasteiger partial charge on any atom is 0.262 e. The molecule has 0 saturated heterocycles. The quantitative estimate of drug-likeness (QED) is 0.849. The van der Waals surface area contributed by atoms with Gasteiger partial charge in [0.2, 0.25) is 0 Å². The molecule has 18 heavy (non-hydrogen) atoms. The van der Waals surface area contributed by atoms with E-state index in [0.29, 0.717) is 18.0 Å². The number of hydrogen-bond donors (Lipinski definition) is 1. The van der Waals surface area contributed by atoms with Gasteiger partial charge in [-0.15, -0.1) is 0 Å². The van der Waals surface area contributed by atoms with Crippen molar-refractivity contribution in [3.63, 3.8) is 0 Å². The van der Waals surface area contributed by atoms with Gasteiger partial charge in [0.1, 0.15) is 0 Å². The van der Waals surface area contributed by atoms with E-state index in [1.807, 2.05) is 12.1 Å². The van der Waals surface area contributed by atoms with Crippen molar-refractivity contribution in [3.05, 3.63) is 23.8 Å². The number of nitrogens with two attached hydrogens (primary N) is 1. The molecule has 5 nitrogen and oxygen atoms in total. The summed E-state index contributed by atoms with van der Waals surface area (Å²) in [5.74, 6) is 1.02. The molecule has 0 aliphatic heterocycles. The van der Waals surface area contributed by atoms with Gasteiger partial charge in [-0.05, 0) is 24.6 Å². The summed E-state index contributed by atoms with van der Waals surface area (Å²) in [5, 5.41) is 0. The fraction of sp³-hybridized carbons (Fsp3) is 0.462. The van der Waals surface area contributed by atoms with Crippen LogP contribution < -0.4 is 15.2 Å². The van der Waals surface area contributed by atoms with Crippen molar-refractivity contribution < 1.29 is 14.3 Å². The summed E-state index contributed by atoms with van der Waals surface area (Å²) in [7, 11) is 4.94. The second-order valence-electron chi connectivity index (χ2n) is 4.18. The molecule has 2 N–H and O–H groups in total. The Morgan fingerprint density at radius 3 is 2.56 bits per heavy atom. The lowest BCUT2D eigenvalue weighted by molar-refractivity contribution is -0.135. The number of nitrogens with zero attached hydrogens (tertiary/aromatic N) is 1. The molecule has 1 aromatic rings. The van der Waals surface area contributed by atoms with E-state index in [0.717, 1.165) is 5.56 Å². The van der Waals surface area contributed by atoms with Crippen LogP contribution in [0.25, 0.3) is 0 Å². The lowest BCUT2D eigenvalue weighted by Gasteiger charge is -2.19. The van der Waals surface area contributed by atoms with Crippen molar-refractivity contribution in [1.82, 2.24) is 4.90 Å². The molecule has 0 spiro atoms. The van der Waals surface area contributed by atoms with E-state index in [1.54, 1.807) is 34.2 Å². The van der Waals surface area contributed by atoms with Crippen LogP contribution in [0.1, 0.15) is 12.5 Å². The third-order valence-electron chi connectivity index (χ3n) is 2.56. The molecule has 0 radical (unpaired) electrons. The van der Waals surface area contributed by atoms with Gasteiger partial charge in [0.05, 0.1) is 7.11 Å². The first-order valence-corrected chi connectivity index (χ1v) is 5.74. The van der Waals surface area contributed by atoms with Crippen LogP contribution in [0, 0.1) is 0 Å². The maximum atomic E-state index is 11.7. The fourth-order valence-corrected chi connectivity index (χ4v) is 1.54. The molecule has 1 aromatic carbocycles. The Balaban J connectivity index is 2.87. The molecule has 1 rings (SSSR count). The molecule has 1 atom stereocenters. The number of carbonyl (C=O) groups excluding carboxylic acids is 1. The number of amides is 1. The van der Waals surface area contributed by atoms with Gasteiger partial charge in [0.25, 0.3) is 5.91 Å². The van der Waals surface area contributed by atoms with E-state index in [1.165, 1.54) is 4.90 Å². The van der Waals surface area contributed by atoms with Gasteiger partial charge in [-0.2, -0.15) is 0 Å². The third-order valence-corrected chi connectivity index (χ3v) is 2.56. The monoisotopic (exact) mass is 252 g/mol. The summed E-state index contributed by atoms with van der Waals surface area (Å²) in [6.07, 6.45) is -0.558. The first-order chi connectivity index (χ1) is 8.49. The summed E-state index contributed by atoms with van der Waals surface area (Å²) in [5.41, 5.74) is 6.51. The minimum Gasteiger partial charge on any atom is -0.493 e. The van der Waals surface area contributed by atoms with Crippen LogP contribution in [0.3, 0.4) is 0 Å². The normalized spacial score (nSPS) is 11.8.